The molecule has 0 spiro atoms. The van der Waals surface area contributed by atoms with Crippen LogP contribution in [0.15, 0.2) is 30.3 Å². The third-order valence-electron chi connectivity index (χ3n) is 4.60. The van der Waals surface area contributed by atoms with Crippen molar-refractivity contribution >= 4 is 23.1 Å². The molecule has 5 nitrogen and oxygen atoms in total. The van der Waals surface area contributed by atoms with E-state index in [0.717, 1.165) is 52.1 Å². The minimum Gasteiger partial charge on any atom is -0.364 e. The minimum absolute atomic E-state index is 0.0551. The summed E-state index contributed by atoms with van der Waals surface area (Å²) >= 11 is 6.08. The van der Waals surface area contributed by atoms with Crippen LogP contribution in [0, 0.1) is 6.92 Å². The van der Waals surface area contributed by atoms with Crippen molar-refractivity contribution in [3.8, 4) is 11.1 Å². The normalized spacial score (nSPS) is 12.1. The molecule has 0 aliphatic carbocycles. The van der Waals surface area contributed by atoms with Gasteiger partial charge < -0.3 is 10.2 Å². The lowest BCUT2D eigenvalue weighted by Crippen LogP contribution is -3.06. The Morgan fingerprint density at radius 1 is 1.15 bits per heavy atom. The van der Waals surface area contributed by atoms with Crippen LogP contribution in [-0.2, 0) is 5.41 Å². The summed E-state index contributed by atoms with van der Waals surface area (Å²) in [6.45, 7) is 10.5. The number of aryl methyl sites for hydroxylation is 1. The summed E-state index contributed by atoms with van der Waals surface area (Å²) in [5, 5.41) is 9.06. The predicted molar refractivity (Wildman–Crippen MR) is 113 cm³/mol. The van der Waals surface area contributed by atoms with Gasteiger partial charge in [0.1, 0.15) is 5.82 Å². The molecule has 0 unspecified atom stereocenters. The number of hydrogen-bond acceptors (Lipinski definition) is 3. The smallest absolute Gasteiger partial charge is 0.165 e. The third-order valence-corrected chi connectivity index (χ3v) is 4.85. The van der Waals surface area contributed by atoms with Crippen LogP contribution in [0.2, 0.25) is 5.02 Å². The molecule has 6 heteroatoms. The first-order valence-corrected chi connectivity index (χ1v) is 9.74. The molecule has 0 atom stereocenters. The first-order chi connectivity index (χ1) is 12.7. The van der Waals surface area contributed by atoms with Gasteiger partial charge in [0.2, 0.25) is 0 Å². The summed E-state index contributed by atoms with van der Waals surface area (Å²) in [4.78, 5) is 6.40. The molecule has 0 amide bonds. The lowest BCUT2D eigenvalue weighted by atomic mass is 9.92. The fourth-order valence-electron chi connectivity index (χ4n) is 3.03. The molecule has 0 aliphatic rings. The topological polar surface area (TPSA) is 46.7 Å². The molecule has 0 fully saturated rings. The summed E-state index contributed by atoms with van der Waals surface area (Å²) < 4.78 is 1.93. The number of quaternary nitrogens is 1. The highest BCUT2D eigenvalue weighted by molar-refractivity contribution is 6.30. The highest BCUT2D eigenvalue weighted by Gasteiger charge is 2.22. The maximum atomic E-state index is 6.08. The van der Waals surface area contributed by atoms with Gasteiger partial charge in [-0.15, -0.1) is 0 Å². The van der Waals surface area contributed by atoms with Crippen LogP contribution in [0.5, 0.6) is 0 Å². The van der Waals surface area contributed by atoms with E-state index in [-0.39, 0.29) is 5.41 Å². The van der Waals surface area contributed by atoms with Crippen molar-refractivity contribution in [2.45, 2.75) is 33.1 Å². The molecule has 0 saturated carbocycles. The van der Waals surface area contributed by atoms with E-state index in [0.29, 0.717) is 0 Å². The molecular weight excluding hydrogens is 358 g/mol. The average molecular weight is 387 g/mol. The van der Waals surface area contributed by atoms with Gasteiger partial charge in [-0.1, -0.05) is 44.5 Å². The van der Waals surface area contributed by atoms with Gasteiger partial charge in [0.25, 0.3) is 0 Å². The van der Waals surface area contributed by atoms with Crippen LogP contribution in [-0.4, -0.2) is 41.8 Å². The van der Waals surface area contributed by atoms with Crippen LogP contribution < -0.4 is 10.2 Å². The lowest BCUT2D eigenvalue weighted by Gasteiger charge is -2.20. The second-order valence-corrected chi connectivity index (χ2v) is 8.80. The number of nitrogens with zero attached hydrogens (tertiary/aromatic N) is 3. The lowest BCUT2D eigenvalue weighted by molar-refractivity contribution is -0.856. The van der Waals surface area contributed by atoms with E-state index in [1.165, 1.54) is 4.90 Å². The van der Waals surface area contributed by atoms with Crippen LogP contribution in [0.1, 0.15) is 32.2 Å². The van der Waals surface area contributed by atoms with Crippen molar-refractivity contribution in [2.75, 3.05) is 32.5 Å². The molecule has 2 N–H and O–H groups in total. The zero-order chi connectivity index (χ0) is 19.8. The number of likely N-dealkylation sites (N-methyl/N-ethyl adjacent to an activating group) is 1. The van der Waals surface area contributed by atoms with E-state index in [9.17, 15) is 0 Å². The van der Waals surface area contributed by atoms with Crippen molar-refractivity contribution in [1.82, 2.24) is 14.6 Å². The number of rotatable bonds is 5. The third kappa shape index (κ3) is 4.25. The summed E-state index contributed by atoms with van der Waals surface area (Å²) in [6.07, 6.45) is 0. The van der Waals surface area contributed by atoms with Crippen molar-refractivity contribution in [3.05, 3.63) is 46.7 Å². The van der Waals surface area contributed by atoms with E-state index >= 15 is 0 Å². The molecular formula is C21H29ClN5+. The molecule has 3 aromatic rings. The van der Waals surface area contributed by atoms with Crippen LogP contribution in [0.4, 0.5) is 5.82 Å². The Kier molecular flexibility index (Phi) is 5.45. The highest BCUT2D eigenvalue weighted by atomic mass is 35.5. The SMILES string of the molecule is Cc1nn2c(NCC[NH+](C)C)cc(C(C)(C)C)nc2c1-c1ccc(Cl)cc1. The van der Waals surface area contributed by atoms with Gasteiger partial charge in [-0.25, -0.2) is 4.98 Å². The van der Waals surface area contributed by atoms with E-state index < -0.39 is 0 Å². The number of anilines is 1. The quantitative estimate of drug-likeness (QED) is 0.707. The van der Waals surface area contributed by atoms with Gasteiger partial charge in [-0.3, -0.25) is 0 Å². The summed E-state index contributed by atoms with van der Waals surface area (Å²) in [5.74, 6) is 0.981. The Morgan fingerprint density at radius 2 is 1.81 bits per heavy atom. The predicted octanol–water partition coefficient (Wildman–Crippen LogP) is 3.21. The van der Waals surface area contributed by atoms with Gasteiger partial charge in [0, 0.05) is 22.1 Å². The van der Waals surface area contributed by atoms with Gasteiger partial charge in [0.15, 0.2) is 5.65 Å². The van der Waals surface area contributed by atoms with E-state index in [1.807, 2.05) is 35.7 Å². The molecule has 3 rings (SSSR count). The number of halogens is 1. The Bertz CT molecular complexity index is 936. The number of hydrogen-bond donors (Lipinski definition) is 2. The van der Waals surface area contributed by atoms with Gasteiger partial charge in [-0.2, -0.15) is 9.61 Å². The maximum absolute atomic E-state index is 6.08. The van der Waals surface area contributed by atoms with Crippen molar-refractivity contribution < 1.29 is 4.90 Å². The zero-order valence-electron chi connectivity index (χ0n) is 17.0. The molecule has 2 heterocycles. The average Bonchev–Trinajstić information content (AvgIpc) is 2.91. The molecule has 144 valence electrons. The number of benzene rings is 1. The van der Waals surface area contributed by atoms with E-state index in [1.54, 1.807) is 0 Å². The molecule has 2 aromatic heterocycles. The van der Waals surface area contributed by atoms with Crippen LogP contribution in [0.3, 0.4) is 0 Å². The van der Waals surface area contributed by atoms with Crippen LogP contribution in [0.25, 0.3) is 16.8 Å². The van der Waals surface area contributed by atoms with Crippen molar-refractivity contribution in [1.29, 1.82) is 0 Å². The van der Waals surface area contributed by atoms with Crippen molar-refractivity contribution in [2.24, 2.45) is 0 Å². The molecule has 0 aliphatic heterocycles. The summed E-state index contributed by atoms with van der Waals surface area (Å²) in [7, 11) is 4.31. The Balaban J connectivity index is 2.17. The Hall–Kier alpha value is -2.11. The fourth-order valence-corrected chi connectivity index (χ4v) is 3.15. The summed E-state index contributed by atoms with van der Waals surface area (Å²) in [5.41, 5.74) is 4.96. The molecule has 0 radical (unpaired) electrons. The molecule has 0 bridgehead atoms. The fraction of sp³-hybridized carbons (Fsp3) is 0.429. The number of aromatic nitrogens is 3. The second kappa shape index (κ2) is 7.49. The zero-order valence-corrected chi connectivity index (χ0v) is 17.8. The standard InChI is InChI=1S/C21H28ClN5/c1-14-19(15-7-9-16(22)10-8-15)20-24-17(21(2,3)4)13-18(27(20)25-14)23-11-12-26(5)6/h7-10,13,23H,11-12H2,1-6H3/p+1. The number of fused-ring (bicyclic) bond motifs is 1. The molecule has 1 aromatic carbocycles. The maximum Gasteiger partial charge on any atom is 0.165 e. The second-order valence-electron chi connectivity index (χ2n) is 8.36. The summed E-state index contributed by atoms with van der Waals surface area (Å²) in [6, 6.07) is 10.00. The van der Waals surface area contributed by atoms with Gasteiger partial charge in [0.05, 0.1) is 38.6 Å². The molecule has 27 heavy (non-hydrogen) atoms. The monoisotopic (exact) mass is 386 g/mol. The first kappa shape index (κ1) is 19.6. The highest BCUT2D eigenvalue weighted by Crippen LogP contribution is 2.32. The van der Waals surface area contributed by atoms with Gasteiger partial charge in [-0.05, 0) is 24.6 Å². The Morgan fingerprint density at radius 3 is 2.41 bits per heavy atom. The van der Waals surface area contributed by atoms with Gasteiger partial charge >= 0.3 is 0 Å². The largest absolute Gasteiger partial charge is 0.364 e. The number of nitrogens with one attached hydrogen (secondary N) is 2. The Labute approximate surface area is 166 Å². The van der Waals surface area contributed by atoms with Crippen LogP contribution >= 0.6 is 11.6 Å². The van der Waals surface area contributed by atoms with Crippen molar-refractivity contribution in [3.63, 3.8) is 0 Å². The first-order valence-electron chi connectivity index (χ1n) is 9.36. The van der Waals surface area contributed by atoms with E-state index in [4.69, 9.17) is 21.7 Å². The van der Waals surface area contributed by atoms with E-state index in [2.05, 4.69) is 46.2 Å². The minimum atomic E-state index is -0.0551. The molecule has 0 saturated heterocycles.